The van der Waals surface area contributed by atoms with Crippen molar-refractivity contribution in [2.45, 2.75) is 25.9 Å². The van der Waals surface area contributed by atoms with Gasteiger partial charge in [0.1, 0.15) is 12.4 Å². The molecule has 0 aromatic heterocycles. The lowest BCUT2D eigenvalue weighted by molar-refractivity contribution is 0.130. The predicted molar refractivity (Wildman–Crippen MR) is 118 cm³/mol. The molecule has 148 valence electrons. The molecule has 0 N–H and O–H groups in total. The van der Waals surface area contributed by atoms with Crippen molar-refractivity contribution in [3.05, 3.63) is 100 Å². The van der Waals surface area contributed by atoms with E-state index in [0.29, 0.717) is 18.4 Å². The topological polar surface area (TPSA) is 30.8 Å². The Morgan fingerprint density at radius 1 is 0.966 bits per heavy atom. The van der Waals surface area contributed by atoms with Gasteiger partial charge in [-0.3, -0.25) is 0 Å². The van der Waals surface area contributed by atoms with Crippen LogP contribution in [0.15, 0.2) is 78.0 Å². The number of benzene rings is 3. The van der Waals surface area contributed by atoms with Crippen LogP contribution < -0.4 is 4.74 Å². The molecule has 0 amide bonds. The van der Waals surface area contributed by atoms with Crippen LogP contribution in [-0.4, -0.2) is 12.8 Å². The molecule has 2 atom stereocenters. The second kappa shape index (κ2) is 8.71. The van der Waals surface area contributed by atoms with E-state index in [0.717, 1.165) is 34.0 Å². The molecule has 0 bridgehead atoms. The lowest BCUT2D eigenvalue weighted by atomic mass is 10.0. The Bertz CT molecular complexity index is 979. The largest absolute Gasteiger partial charge is 0.497 e. The van der Waals surface area contributed by atoms with Crippen molar-refractivity contribution in [3.8, 4) is 5.75 Å². The molecule has 3 nitrogen and oxygen atoms in total. The highest BCUT2D eigenvalue weighted by Gasteiger charge is 2.43. The summed E-state index contributed by atoms with van der Waals surface area (Å²) in [4.78, 5) is 5.77. The zero-order chi connectivity index (χ0) is 20.2. The Hall–Kier alpha value is -2.78. The van der Waals surface area contributed by atoms with Crippen LogP contribution in [0.1, 0.15) is 34.6 Å². The van der Waals surface area contributed by atoms with Crippen LogP contribution in [0.25, 0.3) is 0 Å². The number of hydrogen-bond donors (Lipinski definition) is 0. The van der Waals surface area contributed by atoms with E-state index in [4.69, 9.17) is 21.2 Å². The third-order valence-corrected chi connectivity index (χ3v) is 5.59. The van der Waals surface area contributed by atoms with Crippen LogP contribution in [0.3, 0.4) is 0 Å². The fourth-order valence-corrected chi connectivity index (χ4v) is 3.66. The molecule has 1 aliphatic rings. The molecule has 1 saturated carbocycles. The maximum atomic E-state index is 6.04. The summed E-state index contributed by atoms with van der Waals surface area (Å²) in [6.07, 6.45) is 1.06. The highest BCUT2D eigenvalue weighted by atomic mass is 35.5. The minimum Gasteiger partial charge on any atom is -0.497 e. The molecule has 1 fully saturated rings. The quantitative estimate of drug-likeness (QED) is 0.337. The summed E-state index contributed by atoms with van der Waals surface area (Å²) in [6, 6.07) is 24.4. The highest BCUT2D eigenvalue weighted by molar-refractivity contribution is 6.30. The van der Waals surface area contributed by atoms with Crippen molar-refractivity contribution in [3.63, 3.8) is 0 Å². The molecule has 3 aromatic rings. The summed E-state index contributed by atoms with van der Waals surface area (Å²) in [7, 11) is 1.67. The highest BCUT2D eigenvalue weighted by Crippen LogP contribution is 2.49. The number of hydrogen-bond acceptors (Lipinski definition) is 3. The van der Waals surface area contributed by atoms with E-state index < -0.39 is 0 Å². The van der Waals surface area contributed by atoms with E-state index in [1.807, 2.05) is 36.4 Å². The van der Waals surface area contributed by atoms with Crippen molar-refractivity contribution in [2.24, 2.45) is 11.1 Å². The Kier molecular flexibility index (Phi) is 5.86. The monoisotopic (exact) mass is 405 g/mol. The molecule has 0 unspecified atom stereocenters. The van der Waals surface area contributed by atoms with Gasteiger partial charge in [-0.25, -0.2) is 0 Å². The Balaban J connectivity index is 1.53. The lowest BCUT2D eigenvalue weighted by Crippen LogP contribution is -2.07. The maximum absolute atomic E-state index is 6.04. The van der Waals surface area contributed by atoms with Gasteiger partial charge in [-0.15, -0.1) is 0 Å². The van der Waals surface area contributed by atoms with Gasteiger partial charge in [-0.1, -0.05) is 58.7 Å². The molecule has 29 heavy (non-hydrogen) atoms. The standard InChI is InChI=1S/C25H24ClNO2/c1-17-3-5-18(6-4-17)16-29-27-25(20-9-13-22(28-2)14-10-20)24-15-23(24)19-7-11-21(26)12-8-19/h3-14,23-24H,15-16H2,1-2H3/b27-25-/t23-,24+/m1/s1. The smallest absolute Gasteiger partial charge is 0.142 e. The summed E-state index contributed by atoms with van der Waals surface area (Å²) < 4.78 is 5.29. The Morgan fingerprint density at radius 3 is 2.31 bits per heavy atom. The van der Waals surface area contributed by atoms with Gasteiger partial charge in [0.2, 0.25) is 0 Å². The van der Waals surface area contributed by atoms with Crippen LogP contribution in [0.2, 0.25) is 5.02 Å². The summed E-state index contributed by atoms with van der Waals surface area (Å²) in [5.41, 5.74) is 5.69. The number of ether oxygens (including phenoxy) is 1. The van der Waals surface area contributed by atoms with E-state index in [9.17, 15) is 0 Å². The minimum atomic E-state index is 0.336. The van der Waals surface area contributed by atoms with Crippen molar-refractivity contribution in [1.29, 1.82) is 0 Å². The molecule has 3 aromatic carbocycles. The van der Waals surface area contributed by atoms with Gasteiger partial charge >= 0.3 is 0 Å². The second-order valence-electron chi connectivity index (χ2n) is 7.46. The summed E-state index contributed by atoms with van der Waals surface area (Å²) >= 11 is 6.04. The molecule has 0 aliphatic heterocycles. The third kappa shape index (κ3) is 4.80. The lowest BCUT2D eigenvalue weighted by Gasteiger charge is -2.09. The molecular formula is C25H24ClNO2. The van der Waals surface area contributed by atoms with E-state index in [1.165, 1.54) is 11.1 Å². The molecule has 0 saturated heterocycles. The first kappa shape index (κ1) is 19.5. The van der Waals surface area contributed by atoms with Gasteiger partial charge < -0.3 is 9.57 Å². The fraction of sp³-hybridized carbons (Fsp3) is 0.240. The fourth-order valence-electron chi connectivity index (χ4n) is 3.53. The summed E-state index contributed by atoms with van der Waals surface area (Å²) in [5, 5.41) is 5.33. The SMILES string of the molecule is COc1ccc(/C(=N/OCc2ccc(C)cc2)[C@H]2C[C@@H]2c2ccc(Cl)cc2)cc1. The molecular weight excluding hydrogens is 382 g/mol. The molecule has 0 heterocycles. The first-order chi connectivity index (χ1) is 14.1. The number of halogens is 1. The number of nitrogens with zero attached hydrogens (tertiary/aromatic N) is 1. The van der Waals surface area contributed by atoms with Gasteiger partial charge in [-0.05, 0) is 72.4 Å². The van der Waals surface area contributed by atoms with Crippen LogP contribution in [0.5, 0.6) is 5.75 Å². The average Bonchev–Trinajstić information content (AvgIpc) is 3.54. The first-order valence-electron chi connectivity index (χ1n) is 9.79. The zero-order valence-electron chi connectivity index (χ0n) is 16.6. The second-order valence-corrected chi connectivity index (χ2v) is 7.90. The van der Waals surface area contributed by atoms with Crippen molar-refractivity contribution in [2.75, 3.05) is 7.11 Å². The maximum Gasteiger partial charge on any atom is 0.142 e. The zero-order valence-corrected chi connectivity index (χ0v) is 17.4. The Morgan fingerprint density at radius 2 is 1.66 bits per heavy atom. The van der Waals surface area contributed by atoms with Gasteiger partial charge in [0, 0.05) is 10.9 Å². The molecule has 4 heteroatoms. The van der Waals surface area contributed by atoms with Crippen molar-refractivity contribution < 1.29 is 9.57 Å². The van der Waals surface area contributed by atoms with E-state index in [-0.39, 0.29) is 0 Å². The van der Waals surface area contributed by atoms with Crippen molar-refractivity contribution >= 4 is 17.3 Å². The predicted octanol–water partition coefficient (Wildman–Crippen LogP) is 6.38. The van der Waals surface area contributed by atoms with Gasteiger partial charge in [0.15, 0.2) is 0 Å². The molecule has 4 rings (SSSR count). The molecule has 0 spiro atoms. The average molecular weight is 406 g/mol. The van der Waals surface area contributed by atoms with Crippen LogP contribution in [-0.2, 0) is 11.4 Å². The number of oxime groups is 1. The molecule has 1 aliphatic carbocycles. The van der Waals surface area contributed by atoms with Crippen molar-refractivity contribution in [1.82, 2.24) is 0 Å². The first-order valence-corrected chi connectivity index (χ1v) is 10.2. The molecule has 0 radical (unpaired) electrons. The summed E-state index contributed by atoms with van der Waals surface area (Å²) in [5.74, 6) is 1.61. The minimum absolute atomic E-state index is 0.336. The number of aryl methyl sites for hydroxylation is 1. The Labute approximate surface area is 176 Å². The number of methoxy groups -OCH3 is 1. The third-order valence-electron chi connectivity index (χ3n) is 5.34. The van der Waals surface area contributed by atoms with E-state index >= 15 is 0 Å². The van der Waals surface area contributed by atoms with Crippen LogP contribution in [0.4, 0.5) is 0 Å². The summed E-state index contributed by atoms with van der Waals surface area (Å²) in [6.45, 7) is 2.53. The van der Waals surface area contributed by atoms with E-state index in [2.05, 4.69) is 48.5 Å². The number of rotatable bonds is 7. The van der Waals surface area contributed by atoms with E-state index in [1.54, 1.807) is 7.11 Å². The van der Waals surface area contributed by atoms with Crippen LogP contribution in [0, 0.1) is 12.8 Å². The van der Waals surface area contributed by atoms with Crippen LogP contribution >= 0.6 is 11.6 Å². The van der Waals surface area contributed by atoms with Gasteiger partial charge in [-0.2, -0.15) is 0 Å². The van der Waals surface area contributed by atoms with Gasteiger partial charge in [0.05, 0.1) is 12.8 Å². The van der Waals surface area contributed by atoms with Gasteiger partial charge in [0.25, 0.3) is 0 Å². The normalized spacial score (nSPS) is 18.4.